The SMILES string of the molecule is CCC1(C(=O)NCc2cnn(C)c2C)CCNC1. The fourth-order valence-electron chi connectivity index (χ4n) is 2.48. The first-order chi connectivity index (χ1) is 8.59. The van der Waals surface area contributed by atoms with Gasteiger partial charge in [-0.2, -0.15) is 5.10 Å². The van der Waals surface area contributed by atoms with Crippen LogP contribution in [0, 0.1) is 12.3 Å². The van der Waals surface area contributed by atoms with Crippen LogP contribution in [0.2, 0.25) is 0 Å². The predicted octanol–water partition coefficient (Wildman–Crippen LogP) is 0.734. The second kappa shape index (κ2) is 5.10. The molecule has 2 heterocycles. The Bertz CT molecular complexity index is 432. The van der Waals surface area contributed by atoms with Gasteiger partial charge in [0.2, 0.25) is 5.91 Å². The molecule has 0 spiro atoms. The first-order valence-electron chi connectivity index (χ1n) is 6.55. The molecule has 1 aromatic rings. The maximum absolute atomic E-state index is 12.3. The summed E-state index contributed by atoms with van der Waals surface area (Å²) in [6, 6.07) is 0. The average molecular weight is 250 g/mol. The smallest absolute Gasteiger partial charge is 0.227 e. The summed E-state index contributed by atoms with van der Waals surface area (Å²) < 4.78 is 1.83. The van der Waals surface area contributed by atoms with Crippen molar-refractivity contribution in [2.45, 2.75) is 33.2 Å². The van der Waals surface area contributed by atoms with Gasteiger partial charge in [-0.05, 0) is 26.3 Å². The van der Waals surface area contributed by atoms with Gasteiger partial charge in [0.25, 0.3) is 0 Å². The third-order valence-corrected chi connectivity index (χ3v) is 4.18. The van der Waals surface area contributed by atoms with E-state index in [1.165, 1.54) is 0 Å². The zero-order chi connectivity index (χ0) is 13.2. The minimum Gasteiger partial charge on any atom is -0.351 e. The molecule has 1 unspecified atom stereocenters. The largest absolute Gasteiger partial charge is 0.351 e. The highest BCUT2D eigenvalue weighted by Crippen LogP contribution is 2.29. The van der Waals surface area contributed by atoms with Crippen molar-refractivity contribution in [1.29, 1.82) is 0 Å². The Kier molecular flexibility index (Phi) is 3.71. The first kappa shape index (κ1) is 13.1. The zero-order valence-corrected chi connectivity index (χ0v) is 11.4. The number of carbonyl (C=O) groups excluding carboxylic acids is 1. The molecule has 0 aliphatic carbocycles. The summed E-state index contributed by atoms with van der Waals surface area (Å²) in [4.78, 5) is 12.3. The minimum absolute atomic E-state index is 0.165. The Hall–Kier alpha value is -1.36. The minimum atomic E-state index is -0.212. The Balaban J connectivity index is 1.98. The van der Waals surface area contributed by atoms with Gasteiger partial charge < -0.3 is 10.6 Å². The summed E-state index contributed by atoms with van der Waals surface area (Å²) in [5.74, 6) is 0.165. The third-order valence-electron chi connectivity index (χ3n) is 4.18. The number of hydrogen-bond acceptors (Lipinski definition) is 3. The zero-order valence-electron chi connectivity index (χ0n) is 11.4. The van der Waals surface area contributed by atoms with Crippen molar-refractivity contribution in [2.75, 3.05) is 13.1 Å². The molecule has 1 atom stereocenters. The van der Waals surface area contributed by atoms with E-state index in [1.54, 1.807) is 0 Å². The lowest BCUT2D eigenvalue weighted by atomic mass is 9.83. The van der Waals surface area contributed by atoms with Crippen LogP contribution in [0.3, 0.4) is 0 Å². The lowest BCUT2D eigenvalue weighted by molar-refractivity contribution is -0.130. The van der Waals surface area contributed by atoms with E-state index in [4.69, 9.17) is 0 Å². The third kappa shape index (κ3) is 2.27. The molecule has 5 heteroatoms. The van der Waals surface area contributed by atoms with E-state index in [0.29, 0.717) is 6.54 Å². The number of hydrogen-bond donors (Lipinski definition) is 2. The van der Waals surface area contributed by atoms with Crippen LogP contribution in [0.4, 0.5) is 0 Å². The summed E-state index contributed by atoms with van der Waals surface area (Å²) in [6.07, 6.45) is 3.64. The molecule has 0 radical (unpaired) electrons. The molecule has 100 valence electrons. The lowest BCUT2D eigenvalue weighted by Crippen LogP contribution is -2.41. The molecule has 1 fully saturated rings. The summed E-state index contributed by atoms with van der Waals surface area (Å²) in [5.41, 5.74) is 1.98. The predicted molar refractivity (Wildman–Crippen MR) is 70.0 cm³/mol. The van der Waals surface area contributed by atoms with E-state index >= 15 is 0 Å². The van der Waals surface area contributed by atoms with Crippen LogP contribution >= 0.6 is 0 Å². The molecular formula is C13H22N4O. The molecule has 1 aliphatic heterocycles. The first-order valence-corrected chi connectivity index (χ1v) is 6.55. The molecule has 1 aliphatic rings. The average Bonchev–Trinajstić information content (AvgIpc) is 2.97. The second-order valence-corrected chi connectivity index (χ2v) is 5.12. The number of amides is 1. The van der Waals surface area contributed by atoms with Gasteiger partial charge in [0.15, 0.2) is 0 Å². The van der Waals surface area contributed by atoms with Crippen LogP contribution in [0.25, 0.3) is 0 Å². The van der Waals surface area contributed by atoms with E-state index in [1.807, 2.05) is 24.9 Å². The van der Waals surface area contributed by atoms with Crippen LogP contribution in [-0.4, -0.2) is 28.8 Å². The van der Waals surface area contributed by atoms with Gasteiger partial charge in [0, 0.05) is 31.4 Å². The standard InChI is InChI=1S/C13H22N4O/c1-4-13(5-6-14-9-13)12(18)15-7-11-8-16-17(3)10(11)2/h8,14H,4-7,9H2,1-3H3,(H,15,18). The summed E-state index contributed by atoms with van der Waals surface area (Å²) in [7, 11) is 1.91. The number of aromatic nitrogens is 2. The molecule has 0 bridgehead atoms. The molecule has 0 aromatic carbocycles. The number of nitrogens with one attached hydrogen (secondary N) is 2. The Morgan fingerprint density at radius 2 is 2.44 bits per heavy atom. The highest BCUT2D eigenvalue weighted by molar-refractivity contribution is 5.83. The van der Waals surface area contributed by atoms with Gasteiger partial charge in [0.1, 0.15) is 0 Å². The fourth-order valence-corrected chi connectivity index (χ4v) is 2.48. The topological polar surface area (TPSA) is 59.0 Å². The highest BCUT2D eigenvalue weighted by atomic mass is 16.2. The quantitative estimate of drug-likeness (QED) is 0.828. The number of aryl methyl sites for hydroxylation is 1. The van der Waals surface area contributed by atoms with E-state index < -0.39 is 0 Å². The Morgan fingerprint density at radius 3 is 2.94 bits per heavy atom. The van der Waals surface area contributed by atoms with E-state index in [0.717, 1.165) is 37.2 Å². The number of rotatable bonds is 4. The number of carbonyl (C=O) groups is 1. The van der Waals surface area contributed by atoms with Crippen LogP contribution in [0.1, 0.15) is 31.0 Å². The second-order valence-electron chi connectivity index (χ2n) is 5.12. The molecule has 1 aromatic heterocycles. The van der Waals surface area contributed by atoms with Gasteiger partial charge in [-0.1, -0.05) is 6.92 Å². The fraction of sp³-hybridized carbons (Fsp3) is 0.692. The van der Waals surface area contributed by atoms with Crippen LogP contribution in [-0.2, 0) is 18.4 Å². The highest BCUT2D eigenvalue weighted by Gasteiger charge is 2.39. The molecule has 2 rings (SSSR count). The van der Waals surface area contributed by atoms with Crippen molar-refractivity contribution >= 4 is 5.91 Å². The normalized spacial score (nSPS) is 23.3. The van der Waals surface area contributed by atoms with Crippen LogP contribution < -0.4 is 10.6 Å². The van der Waals surface area contributed by atoms with Crippen LogP contribution in [0.15, 0.2) is 6.20 Å². The van der Waals surface area contributed by atoms with Gasteiger partial charge in [-0.3, -0.25) is 9.48 Å². The lowest BCUT2D eigenvalue weighted by Gasteiger charge is -2.25. The van der Waals surface area contributed by atoms with E-state index in [-0.39, 0.29) is 11.3 Å². The number of nitrogens with zero attached hydrogens (tertiary/aromatic N) is 2. The van der Waals surface area contributed by atoms with E-state index in [2.05, 4.69) is 22.7 Å². The molecule has 18 heavy (non-hydrogen) atoms. The molecule has 1 saturated heterocycles. The van der Waals surface area contributed by atoms with Crippen molar-refractivity contribution in [3.63, 3.8) is 0 Å². The summed E-state index contributed by atoms with van der Waals surface area (Å²) >= 11 is 0. The van der Waals surface area contributed by atoms with Crippen molar-refractivity contribution < 1.29 is 4.79 Å². The summed E-state index contributed by atoms with van der Waals surface area (Å²) in [5, 5.41) is 10.5. The molecule has 1 amide bonds. The molecule has 2 N–H and O–H groups in total. The van der Waals surface area contributed by atoms with Gasteiger partial charge in [-0.25, -0.2) is 0 Å². The monoisotopic (exact) mass is 250 g/mol. The maximum Gasteiger partial charge on any atom is 0.227 e. The van der Waals surface area contributed by atoms with Crippen molar-refractivity contribution in [1.82, 2.24) is 20.4 Å². The maximum atomic E-state index is 12.3. The Morgan fingerprint density at radius 1 is 1.67 bits per heavy atom. The summed E-state index contributed by atoms with van der Waals surface area (Å²) in [6.45, 7) is 6.40. The van der Waals surface area contributed by atoms with Gasteiger partial charge >= 0.3 is 0 Å². The molecule has 5 nitrogen and oxygen atoms in total. The molecular weight excluding hydrogens is 228 g/mol. The van der Waals surface area contributed by atoms with E-state index in [9.17, 15) is 4.79 Å². The van der Waals surface area contributed by atoms with Crippen molar-refractivity contribution in [3.05, 3.63) is 17.5 Å². The van der Waals surface area contributed by atoms with Crippen LogP contribution in [0.5, 0.6) is 0 Å². The van der Waals surface area contributed by atoms with Gasteiger partial charge in [-0.15, -0.1) is 0 Å². The van der Waals surface area contributed by atoms with Crippen molar-refractivity contribution in [3.8, 4) is 0 Å². The van der Waals surface area contributed by atoms with Crippen molar-refractivity contribution in [2.24, 2.45) is 12.5 Å². The molecule has 0 saturated carbocycles. The van der Waals surface area contributed by atoms with Gasteiger partial charge in [0.05, 0.1) is 11.6 Å². The Labute approximate surface area is 108 Å².